The Morgan fingerprint density at radius 3 is 3.00 bits per heavy atom. The fourth-order valence-corrected chi connectivity index (χ4v) is 3.64. The highest BCUT2D eigenvalue weighted by atomic mass is 32.1. The number of nitrogens with one attached hydrogen (secondary N) is 3. The third-order valence-corrected chi connectivity index (χ3v) is 4.80. The van der Waals surface area contributed by atoms with E-state index in [4.69, 9.17) is 0 Å². The lowest BCUT2D eigenvalue weighted by Crippen LogP contribution is -2.48. The minimum absolute atomic E-state index is 0.116. The first-order valence-electron chi connectivity index (χ1n) is 7.48. The van der Waals surface area contributed by atoms with E-state index in [2.05, 4.69) is 33.1 Å². The smallest absolute Gasteiger partial charge is 0.321 e. The van der Waals surface area contributed by atoms with Crippen molar-refractivity contribution in [2.24, 2.45) is 0 Å². The van der Waals surface area contributed by atoms with Crippen LogP contribution in [0.5, 0.6) is 0 Å². The highest BCUT2D eigenvalue weighted by Gasteiger charge is 2.33. The SMILES string of the molecule is CC1(C)Cc2nc(NC(=O)NC3CC=CCC3)sc2C(=O)N1. The average molecular weight is 320 g/mol. The van der Waals surface area contributed by atoms with Gasteiger partial charge in [-0.2, -0.15) is 0 Å². The van der Waals surface area contributed by atoms with Crippen molar-refractivity contribution in [3.8, 4) is 0 Å². The largest absolute Gasteiger partial charge is 0.346 e. The first-order valence-corrected chi connectivity index (χ1v) is 8.29. The molecule has 118 valence electrons. The van der Waals surface area contributed by atoms with Gasteiger partial charge in [0.2, 0.25) is 0 Å². The van der Waals surface area contributed by atoms with E-state index in [1.165, 1.54) is 11.3 Å². The molecule has 1 aliphatic heterocycles. The Kier molecular flexibility index (Phi) is 3.90. The van der Waals surface area contributed by atoms with Gasteiger partial charge in [-0.15, -0.1) is 0 Å². The summed E-state index contributed by atoms with van der Waals surface area (Å²) in [7, 11) is 0. The van der Waals surface area contributed by atoms with Crippen LogP contribution in [-0.4, -0.2) is 28.5 Å². The Balaban J connectivity index is 1.65. The van der Waals surface area contributed by atoms with E-state index in [-0.39, 0.29) is 23.5 Å². The monoisotopic (exact) mass is 320 g/mol. The summed E-state index contributed by atoms with van der Waals surface area (Å²) < 4.78 is 0. The maximum absolute atomic E-state index is 12.0. The Morgan fingerprint density at radius 2 is 2.27 bits per heavy atom. The normalized spacial score (nSPS) is 22.6. The Morgan fingerprint density at radius 1 is 1.45 bits per heavy atom. The first-order chi connectivity index (χ1) is 10.4. The predicted octanol–water partition coefficient (Wildman–Crippen LogP) is 2.44. The summed E-state index contributed by atoms with van der Waals surface area (Å²) in [6, 6.07) is -0.0899. The summed E-state index contributed by atoms with van der Waals surface area (Å²) in [5.74, 6) is -0.116. The summed E-state index contributed by atoms with van der Waals surface area (Å²) in [5.41, 5.74) is 0.459. The van der Waals surface area contributed by atoms with Crippen molar-refractivity contribution in [3.05, 3.63) is 22.7 Å². The second-order valence-corrected chi connectivity index (χ2v) is 7.39. The zero-order valence-corrected chi connectivity index (χ0v) is 13.5. The molecule has 7 heteroatoms. The molecular weight excluding hydrogens is 300 g/mol. The van der Waals surface area contributed by atoms with E-state index in [0.717, 1.165) is 25.0 Å². The minimum atomic E-state index is -0.299. The van der Waals surface area contributed by atoms with Gasteiger partial charge in [0, 0.05) is 18.0 Å². The van der Waals surface area contributed by atoms with Gasteiger partial charge in [0.05, 0.1) is 5.69 Å². The second kappa shape index (κ2) is 5.72. The molecule has 3 amide bonds. The van der Waals surface area contributed by atoms with Gasteiger partial charge in [-0.05, 0) is 33.1 Å². The third kappa shape index (κ3) is 3.30. The van der Waals surface area contributed by atoms with Crippen LogP contribution in [0.4, 0.5) is 9.93 Å². The molecule has 0 saturated carbocycles. The molecule has 2 aliphatic rings. The van der Waals surface area contributed by atoms with Gasteiger partial charge >= 0.3 is 6.03 Å². The molecule has 2 heterocycles. The Hall–Kier alpha value is -1.89. The molecule has 1 unspecified atom stereocenters. The van der Waals surface area contributed by atoms with E-state index >= 15 is 0 Å². The maximum atomic E-state index is 12.0. The number of allylic oxidation sites excluding steroid dienone is 1. The van der Waals surface area contributed by atoms with Crippen LogP contribution < -0.4 is 16.0 Å². The van der Waals surface area contributed by atoms with E-state index in [1.807, 2.05) is 13.8 Å². The van der Waals surface area contributed by atoms with E-state index in [0.29, 0.717) is 16.4 Å². The van der Waals surface area contributed by atoms with Crippen LogP contribution in [0.3, 0.4) is 0 Å². The van der Waals surface area contributed by atoms with Crippen LogP contribution in [0.25, 0.3) is 0 Å². The van der Waals surface area contributed by atoms with Crippen molar-refractivity contribution in [2.75, 3.05) is 5.32 Å². The molecule has 0 radical (unpaired) electrons. The third-order valence-electron chi connectivity index (χ3n) is 3.79. The zero-order chi connectivity index (χ0) is 15.7. The quantitative estimate of drug-likeness (QED) is 0.732. The molecule has 0 aromatic carbocycles. The number of carbonyl (C=O) groups excluding carboxylic acids is 2. The van der Waals surface area contributed by atoms with Gasteiger partial charge in [0.25, 0.3) is 5.91 Å². The number of aromatic nitrogens is 1. The van der Waals surface area contributed by atoms with Crippen molar-refractivity contribution in [1.29, 1.82) is 0 Å². The Labute approximate surface area is 133 Å². The summed E-state index contributed by atoms with van der Waals surface area (Å²) in [5, 5.41) is 9.10. The van der Waals surface area contributed by atoms with Gasteiger partial charge in [-0.3, -0.25) is 10.1 Å². The van der Waals surface area contributed by atoms with Crippen molar-refractivity contribution < 1.29 is 9.59 Å². The summed E-state index contributed by atoms with van der Waals surface area (Å²) in [6.45, 7) is 3.92. The first kappa shape index (κ1) is 15.0. The van der Waals surface area contributed by atoms with Crippen molar-refractivity contribution >= 4 is 28.4 Å². The number of anilines is 1. The molecular formula is C15H20N4O2S. The molecule has 0 spiro atoms. The zero-order valence-electron chi connectivity index (χ0n) is 12.7. The summed E-state index contributed by atoms with van der Waals surface area (Å²) >= 11 is 1.23. The van der Waals surface area contributed by atoms with E-state index < -0.39 is 0 Å². The highest BCUT2D eigenvalue weighted by Crippen LogP contribution is 2.30. The average Bonchev–Trinajstić information content (AvgIpc) is 2.80. The maximum Gasteiger partial charge on any atom is 0.321 e. The van der Waals surface area contributed by atoms with E-state index in [1.54, 1.807) is 0 Å². The number of hydrogen-bond acceptors (Lipinski definition) is 4. The van der Waals surface area contributed by atoms with Crippen LogP contribution in [0, 0.1) is 0 Å². The van der Waals surface area contributed by atoms with Gasteiger partial charge in [-0.25, -0.2) is 9.78 Å². The Bertz CT molecular complexity index is 635. The van der Waals surface area contributed by atoms with Crippen molar-refractivity contribution in [3.63, 3.8) is 0 Å². The lowest BCUT2D eigenvalue weighted by atomic mass is 9.94. The minimum Gasteiger partial charge on any atom is -0.346 e. The van der Waals surface area contributed by atoms with Crippen LogP contribution in [-0.2, 0) is 6.42 Å². The number of fused-ring (bicyclic) bond motifs is 1. The topological polar surface area (TPSA) is 83.1 Å². The number of thiazole rings is 1. The molecule has 3 N–H and O–H groups in total. The lowest BCUT2D eigenvalue weighted by molar-refractivity contribution is 0.0901. The molecule has 22 heavy (non-hydrogen) atoms. The van der Waals surface area contributed by atoms with Gasteiger partial charge in [0.1, 0.15) is 4.88 Å². The molecule has 1 atom stereocenters. The molecule has 3 rings (SSSR count). The number of hydrogen-bond donors (Lipinski definition) is 3. The van der Waals surface area contributed by atoms with Gasteiger partial charge in [0.15, 0.2) is 5.13 Å². The number of nitrogens with zero attached hydrogens (tertiary/aromatic N) is 1. The number of amides is 3. The summed E-state index contributed by atoms with van der Waals surface area (Å²) in [6.07, 6.45) is 7.69. The molecule has 0 bridgehead atoms. The fraction of sp³-hybridized carbons (Fsp3) is 0.533. The van der Waals surface area contributed by atoms with Crippen LogP contribution >= 0.6 is 11.3 Å². The molecule has 1 aromatic heterocycles. The predicted molar refractivity (Wildman–Crippen MR) is 86.3 cm³/mol. The summed E-state index contributed by atoms with van der Waals surface area (Å²) in [4.78, 5) is 29.1. The molecule has 6 nitrogen and oxygen atoms in total. The van der Waals surface area contributed by atoms with Gasteiger partial charge < -0.3 is 10.6 Å². The van der Waals surface area contributed by atoms with Crippen LogP contribution in [0.1, 0.15) is 48.5 Å². The molecule has 0 fully saturated rings. The molecule has 0 saturated heterocycles. The molecule has 1 aliphatic carbocycles. The standard InChI is InChI=1S/C15H20N4O2S/c1-15(2)8-10-11(12(20)19-15)22-14(17-10)18-13(21)16-9-6-4-3-5-7-9/h3-4,9H,5-8H2,1-2H3,(H,19,20)(H2,16,17,18,21). The molecule has 1 aromatic rings. The van der Waals surface area contributed by atoms with Gasteiger partial charge in [-0.1, -0.05) is 23.5 Å². The van der Waals surface area contributed by atoms with Crippen molar-refractivity contribution in [2.45, 2.75) is 51.1 Å². The van der Waals surface area contributed by atoms with E-state index in [9.17, 15) is 9.59 Å². The number of rotatable bonds is 2. The fourth-order valence-electron chi connectivity index (χ4n) is 2.77. The number of urea groups is 1. The second-order valence-electron chi connectivity index (χ2n) is 6.39. The van der Waals surface area contributed by atoms with Crippen molar-refractivity contribution in [1.82, 2.24) is 15.6 Å². The van der Waals surface area contributed by atoms with Crippen LogP contribution in [0.15, 0.2) is 12.2 Å². The van der Waals surface area contributed by atoms with Crippen LogP contribution in [0.2, 0.25) is 0 Å². The number of carbonyl (C=O) groups is 2. The highest BCUT2D eigenvalue weighted by molar-refractivity contribution is 7.17. The lowest BCUT2D eigenvalue weighted by Gasteiger charge is -2.29.